The number of pyridine rings is 1. The molecule has 0 aromatic carbocycles. The first-order chi connectivity index (χ1) is 9.26. The number of rotatable bonds is 2. The normalized spacial score (nSPS) is 18.5. The van der Waals surface area contributed by atoms with E-state index in [9.17, 15) is 0 Å². The fraction of sp³-hybridized carbons (Fsp3) is 0.385. The second-order valence-electron chi connectivity index (χ2n) is 4.61. The zero-order valence-corrected chi connectivity index (χ0v) is 10.6. The highest BCUT2D eigenvalue weighted by Crippen LogP contribution is 2.28. The highest BCUT2D eigenvalue weighted by Gasteiger charge is 2.28. The van der Waals surface area contributed by atoms with Gasteiger partial charge >= 0.3 is 0 Å². The summed E-state index contributed by atoms with van der Waals surface area (Å²) in [6.07, 6.45) is 2.57. The molecule has 3 rings (SSSR count). The van der Waals surface area contributed by atoms with Crippen molar-refractivity contribution in [3.05, 3.63) is 35.7 Å². The van der Waals surface area contributed by atoms with E-state index in [1.165, 1.54) is 0 Å². The molecule has 6 heteroatoms. The van der Waals surface area contributed by atoms with Crippen LogP contribution in [-0.2, 0) is 0 Å². The summed E-state index contributed by atoms with van der Waals surface area (Å²) in [5.74, 6) is 2.45. The lowest BCUT2D eigenvalue weighted by Crippen LogP contribution is -2.20. The van der Waals surface area contributed by atoms with Crippen molar-refractivity contribution in [3.63, 3.8) is 0 Å². The first-order valence-corrected chi connectivity index (χ1v) is 6.17. The predicted molar refractivity (Wildman–Crippen MR) is 67.6 cm³/mol. The quantitative estimate of drug-likeness (QED) is 0.811. The molecule has 0 radical (unpaired) electrons. The second kappa shape index (κ2) is 4.69. The number of nitrogens with zero attached hydrogens (tertiary/aromatic N) is 5. The van der Waals surface area contributed by atoms with E-state index in [1.807, 2.05) is 6.07 Å². The fourth-order valence-corrected chi connectivity index (χ4v) is 2.29. The Labute approximate surface area is 110 Å². The van der Waals surface area contributed by atoms with Gasteiger partial charge in [0, 0.05) is 26.2 Å². The summed E-state index contributed by atoms with van der Waals surface area (Å²) in [4.78, 5) is 6.47. The van der Waals surface area contributed by atoms with Crippen molar-refractivity contribution >= 4 is 5.82 Å². The summed E-state index contributed by atoms with van der Waals surface area (Å²) >= 11 is 0. The van der Waals surface area contributed by atoms with Gasteiger partial charge in [0.15, 0.2) is 0 Å². The molecule has 1 saturated heterocycles. The molecule has 1 aliphatic rings. The summed E-state index contributed by atoms with van der Waals surface area (Å²) < 4.78 is 5.48. The second-order valence-corrected chi connectivity index (χ2v) is 4.61. The van der Waals surface area contributed by atoms with Gasteiger partial charge in [0.1, 0.15) is 11.9 Å². The summed E-state index contributed by atoms with van der Waals surface area (Å²) in [5, 5.41) is 16.7. The van der Waals surface area contributed by atoms with E-state index in [4.69, 9.17) is 9.68 Å². The van der Waals surface area contributed by atoms with Crippen LogP contribution in [0.5, 0.6) is 0 Å². The summed E-state index contributed by atoms with van der Waals surface area (Å²) in [7, 11) is 0. The van der Waals surface area contributed by atoms with Crippen molar-refractivity contribution in [2.45, 2.75) is 19.3 Å². The Hall–Kier alpha value is -2.42. The minimum absolute atomic E-state index is 0.263. The molecule has 3 heterocycles. The fourth-order valence-electron chi connectivity index (χ4n) is 2.29. The van der Waals surface area contributed by atoms with E-state index >= 15 is 0 Å². The Kier molecular flexibility index (Phi) is 2.88. The molecular weight excluding hydrogens is 242 g/mol. The van der Waals surface area contributed by atoms with Crippen LogP contribution < -0.4 is 4.90 Å². The molecule has 0 N–H and O–H groups in total. The SMILES string of the molecule is Cc1nnc(C2CCN(c3ccc(C#N)cn3)C2)o1. The number of nitriles is 1. The van der Waals surface area contributed by atoms with Crippen LogP contribution in [0.3, 0.4) is 0 Å². The zero-order valence-electron chi connectivity index (χ0n) is 10.6. The minimum atomic E-state index is 0.263. The Bertz CT molecular complexity index is 613. The van der Waals surface area contributed by atoms with Crippen LogP contribution in [0.4, 0.5) is 5.82 Å². The Morgan fingerprint density at radius 1 is 1.42 bits per heavy atom. The molecule has 6 nitrogen and oxygen atoms in total. The Balaban J connectivity index is 1.73. The van der Waals surface area contributed by atoms with Crippen molar-refractivity contribution in [1.82, 2.24) is 15.2 Å². The standard InChI is InChI=1S/C13H13N5O/c1-9-16-17-13(19-9)11-4-5-18(8-11)12-3-2-10(6-14)7-15-12/h2-3,7,11H,4-5,8H2,1H3. The number of aromatic nitrogens is 3. The molecule has 2 aromatic heterocycles. The molecule has 2 aromatic rings. The largest absolute Gasteiger partial charge is 0.425 e. The average Bonchev–Trinajstić information content (AvgIpc) is 3.07. The topological polar surface area (TPSA) is 78.8 Å². The lowest BCUT2D eigenvalue weighted by molar-refractivity contribution is 0.438. The lowest BCUT2D eigenvalue weighted by Gasteiger charge is -2.16. The lowest BCUT2D eigenvalue weighted by atomic mass is 10.1. The van der Waals surface area contributed by atoms with E-state index in [-0.39, 0.29) is 5.92 Å². The third-order valence-electron chi connectivity index (χ3n) is 3.28. The smallest absolute Gasteiger partial charge is 0.221 e. The third-order valence-corrected chi connectivity index (χ3v) is 3.28. The van der Waals surface area contributed by atoms with Gasteiger partial charge in [-0.2, -0.15) is 5.26 Å². The summed E-state index contributed by atoms with van der Waals surface area (Å²) in [6.45, 7) is 3.52. The molecule has 0 bridgehead atoms. The first-order valence-electron chi connectivity index (χ1n) is 6.17. The van der Waals surface area contributed by atoms with Crippen LogP contribution in [0, 0.1) is 18.3 Å². The van der Waals surface area contributed by atoms with E-state index in [0.717, 1.165) is 25.3 Å². The van der Waals surface area contributed by atoms with Gasteiger partial charge in [-0.05, 0) is 18.6 Å². The van der Waals surface area contributed by atoms with Gasteiger partial charge in [0.2, 0.25) is 11.8 Å². The van der Waals surface area contributed by atoms with Gasteiger partial charge in [0.25, 0.3) is 0 Å². The highest BCUT2D eigenvalue weighted by atomic mass is 16.4. The van der Waals surface area contributed by atoms with E-state index < -0.39 is 0 Å². The minimum Gasteiger partial charge on any atom is -0.425 e. The molecule has 1 unspecified atom stereocenters. The molecule has 0 amide bonds. The molecule has 19 heavy (non-hydrogen) atoms. The van der Waals surface area contributed by atoms with E-state index in [0.29, 0.717) is 17.3 Å². The average molecular weight is 255 g/mol. The number of aryl methyl sites for hydroxylation is 1. The monoisotopic (exact) mass is 255 g/mol. The van der Waals surface area contributed by atoms with Crippen LogP contribution in [0.15, 0.2) is 22.7 Å². The van der Waals surface area contributed by atoms with E-state index in [1.54, 1.807) is 19.2 Å². The number of hydrogen-bond acceptors (Lipinski definition) is 6. The molecule has 0 spiro atoms. The molecule has 0 aliphatic carbocycles. The van der Waals surface area contributed by atoms with Gasteiger partial charge in [-0.1, -0.05) is 0 Å². The zero-order chi connectivity index (χ0) is 13.2. The van der Waals surface area contributed by atoms with Gasteiger partial charge in [-0.3, -0.25) is 0 Å². The molecule has 1 atom stereocenters. The third kappa shape index (κ3) is 2.27. The first kappa shape index (κ1) is 11.7. The molecular formula is C13H13N5O. The van der Waals surface area contributed by atoms with E-state index in [2.05, 4.69) is 26.2 Å². The van der Waals surface area contributed by atoms with Crippen LogP contribution >= 0.6 is 0 Å². The Morgan fingerprint density at radius 2 is 2.32 bits per heavy atom. The maximum absolute atomic E-state index is 8.76. The maximum Gasteiger partial charge on any atom is 0.221 e. The van der Waals surface area contributed by atoms with Gasteiger partial charge < -0.3 is 9.32 Å². The van der Waals surface area contributed by atoms with Gasteiger partial charge in [-0.15, -0.1) is 10.2 Å². The Morgan fingerprint density at radius 3 is 2.95 bits per heavy atom. The molecule has 1 fully saturated rings. The predicted octanol–water partition coefficient (Wildman–Crippen LogP) is 1.64. The van der Waals surface area contributed by atoms with Crippen molar-refractivity contribution < 1.29 is 4.42 Å². The molecule has 0 saturated carbocycles. The van der Waals surface area contributed by atoms with Crippen LogP contribution in [0.25, 0.3) is 0 Å². The highest BCUT2D eigenvalue weighted by molar-refractivity contribution is 5.43. The van der Waals surface area contributed by atoms with Crippen LogP contribution in [0.1, 0.15) is 29.7 Å². The summed E-state index contributed by atoms with van der Waals surface area (Å²) in [5.41, 5.74) is 0.576. The van der Waals surface area contributed by atoms with Crippen LogP contribution in [0.2, 0.25) is 0 Å². The van der Waals surface area contributed by atoms with Crippen molar-refractivity contribution in [1.29, 1.82) is 5.26 Å². The van der Waals surface area contributed by atoms with Crippen molar-refractivity contribution in [2.24, 2.45) is 0 Å². The van der Waals surface area contributed by atoms with Gasteiger partial charge in [0.05, 0.1) is 11.5 Å². The number of hydrogen-bond donors (Lipinski definition) is 0. The maximum atomic E-state index is 8.76. The van der Waals surface area contributed by atoms with Gasteiger partial charge in [-0.25, -0.2) is 4.98 Å². The molecule has 1 aliphatic heterocycles. The number of anilines is 1. The summed E-state index contributed by atoms with van der Waals surface area (Å²) in [6, 6.07) is 5.73. The van der Waals surface area contributed by atoms with Crippen molar-refractivity contribution in [2.75, 3.05) is 18.0 Å². The van der Waals surface area contributed by atoms with Crippen molar-refractivity contribution in [3.8, 4) is 6.07 Å². The molecule has 96 valence electrons. The van der Waals surface area contributed by atoms with Crippen LogP contribution in [-0.4, -0.2) is 28.3 Å².